The summed E-state index contributed by atoms with van der Waals surface area (Å²) in [5.74, 6) is 0.161. The lowest BCUT2D eigenvalue weighted by Gasteiger charge is -2.27. The van der Waals surface area contributed by atoms with Gasteiger partial charge in [-0.3, -0.25) is 4.79 Å². The number of aryl methyl sites for hydroxylation is 2. The molecule has 0 aromatic heterocycles. The maximum atomic E-state index is 12.9. The Kier molecular flexibility index (Phi) is 3.34. The lowest BCUT2D eigenvalue weighted by atomic mass is 9.80. The fourth-order valence-corrected chi connectivity index (χ4v) is 3.35. The Bertz CT molecular complexity index is 492. The fourth-order valence-electron chi connectivity index (χ4n) is 3.35. The molecule has 1 fully saturated rings. The van der Waals surface area contributed by atoms with Crippen LogP contribution >= 0.6 is 0 Å². The van der Waals surface area contributed by atoms with E-state index in [9.17, 15) is 4.79 Å². The molecule has 0 radical (unpaired) electrons. The highest BCUT2D eigenvalue weighted by Gasteiger charge is 2.49. The molecule has 2 nitrogen and oxygen atoms in total. The molecule has 2 rings (SSSR count). The molecule has 1 aliphatic heterocycles. The van der Waals surface area contributed by atoms with E-state index in [4.69, 9.17) is 4.74 Å². The minimum absolute atomic E-state index is 0.0673. The second-order valence-corrected chi connectivity index (χ2v) is 6.85. The van der Waals surface area contributed by atoms with E-state index in [0.29, 0.717) is 0 Å². The maximum absolute atomic E-state index is 12.9. The summed E-state index contributed by atoms with van der Waals surface area (Å²) in [5, 5.41) is 0. The molecule has 1 saturated heterocycles. The molecule has 104 valence electrons. The molecule has 1 unspecified atom stereocenters. The predicted molar refractivity (Wildman–Crippen MR) is 77.6 cm³/mol. The standard InChI is InChI=1S/C17H24O2/c1-11-8-7-9-12(2)14(11)15(18)13-10-16(3,4)19-17(13,5)6/h7-9,13H,10H2,1-6H3. The third kappa shape index (κ3) is 2.59. The molecule has 0 spiro atoms. The van der Waals surface area contributed by atoms with Crippen molar-refractivity contribution < 1.29 is 9.53 Å². The van der Waals surface area contributed by atoms with Gasteiger partial charge >= 0.3 is 0 Å². The highest BCUT2D eigenvalue weighted by molar-refractivity contribution is 6.01. The Hall–Kier alpha value is -1.15. The van der Waals surface area contributed by atoms with Gasteiger partial charge in [0.15, 0.2) is 5.78 Å². The van der Waals surface area contributed by atoms with Gasteiger partial charge < -0.3 is 4.74 Å². The van der Waals surface area contributed by atoms with Gasteiger partial charge in [-0.25, -0.2) is 0 Å². The predicted octanol–water partition coefficient (Wildman–Crippen LogP) is 4.08. The molecule has 19 heavy (non-hydrogen) atoms. The molecule has 1 aromatic carbocycles. The summed E-state index contributed by atoms with van der Waals surface area (Å²) in [6.45, 7) is 12.2. The largest absolute Gasteiger partial charge is 0.369 e. The van der Waals surface area contributed by atoms with E-state index in [1.165, 1.54) is 0 Å². The number of rotatable bonds is 2. The molecule has 0 N–H and O–H groups in total. The quantitative estimate of drug-likeness (QED) is 0.749. The first-order valence-electron chi connectivity index (χ1n) is 6.95. The zero-order chi connectivity index (χ0) is 14.4. The van der Waals surface area contributed by atoms with Crippen LogP contribution < -0.4 is 0 Å². The molecule has 1 aliphatic rings. The SMILES string of the molecule is Cc1cccc(C)c1C(=O)C1CC(C)(C)OC1(C)C. The highest BCUT2D eigenvalue weighted by Crippen LogP contribution is 2.43. The number of ketones is 1. The number of benzene rings is 1. The van der Waals surface area contributed by atoms with Crippen LogP contribution in [0.3, 0.4) is 0 Å². The van der Waals surface area contributed by atoms with Crippen LogP contribution in [0.2, 0.25) is 0 Å². The normalized spacial score (nSPS) is 24.4. The number of Topliss-reactive ketones (excluding diaryl/α,β-unsaturated/α-hetero) is 1. The van der Waals surface area contributed by atoms with E-state index >= 15 is 0 Å². The van der Waals surface area contributed by atoms with Gasteiger partial charge in [0.1, 0.15) is 0 Å². The maximum Gasteiger partial charge on any atom is 0.169 e. The van der Waals surface area contributed by atoms with Crippen LogP contribution in [0.1, 0.15) is 55.6 Å². The second kappa shape index (κ2) is 4.45. The number of carbonyl (C=O) groups is 1. The van der Waals surface area contributed by atoms with Crippen LogP contribution in [0.15, 0.2) is 18.2 Å². The van der Waals surface area contributed by atoms with Crippen LogP contribution in [0.25, 0.3) is 0 Å². The van der Waals surface area contributed by atoms with E-state index in [2.05, 4.69) is 13.8 Å². The van der Waals surface area contributed by atoms with Crippen molar-refractivity contribution in [1.29, 1.82) is 0 Å². The monoisotopic (exact) mass is 260 g/mol. The zero-order valence-corrected chi connectivity index (χ0v) is 12.8. The molecule has 0 amide bonds. The van der Waals surface area contributed by atoms with Gasteiger partial charge in [0, 0.05) is 5.56 Å². The minimum atomic E-state index is -0.394. The van der Waals surface area contributed by atoms with Gasteiger partial charge in [-0.2, -0.15) is 0 Å². The van der Waals surface area contributed by atoms with Gasteiger partial charge in [-0.05, 0) is 59.1 Å². The van der Waals surface area contributed by atoms with Crippen LogP contribution in [-0.4, -0.2) is 17.0 Å². The Morgan fingerprint density at radius 3 is 2.11 bits per heavy atom. The fraction of sp³-hybridized carbons (Fsp3) is 0.588. The lowest BCUT2D eigenvalue weighted by Crippen LogP contribution is -2.34. The van der Waals surface area contributed by atoms with Crippen molar-refractivity contribution in [2.24, 2.45) is 5.92 Å². The first kappa shape index (κ1) is 14.3. The van der Waals surface area contributed by atoms with Crippen molar-refractivity contribution in [3.05, 3.63) is 34.9 Å². The first-order valence-corrected chi connectivity index (χ1v) is 6.95. The third-order valence-corrected chi connectivity index (χ3v) is 4.12. The van der Waals surface area contributed by atoms with Gasteiger partial charge in [0.2, 0.25) is 0 Å². The molecular weight excluding hydrogens is 236 g/mol. The summed E-state index contributed by atoms with van der Waals surface area (Å²) in [6, 6.07) is 6.02. The minimum Gasteiger partial charge on any atom is -0.369 e. The Labute approximate surface area is 116 Å². The highest BCUT2D eigenvalue weighted by atomic mass is 16.5. The molecular formula is C17H24O2. The van der Waals surface area contributed by atoms with E-state index in [1.54, 1.807) is 0 Å². The number of carbonyl (C=O) groups excluding carboxylic acids is 1. The second-order valence-electron chi connectivity index (χ2n) is 6.85. The molecule has 2 heteroatoms. The van der Waals surface area contributed by atoms with Crippen molar-refractivity contribution in [3.8, 4) is 0 Å². The first-order chi connectivity index (χ1) is 8.64. The molecule has 1 atom stereocenters. The number of hydrogen-bond acceptors (Lipinski definition) is 2. The number of ether oxygens (including phenoxy) is 1. The van der Waals surface area contributed by atoms with Crippen molar-refractivity contribution in [3.63, 3.8) is 0 Å². The van der Waals surface area contributed by atoms with Crippen LogP contribution in [0.5, 0.6) is 0 Å². The van der Waals surface area contributed by atoms with Crippen molar-refractivity contribution >= 4 is 5.78 Å². The van der Waals surface area contributed by atoms with Crippen LogP contribution in [0, 0.1) is 19.8 Å². The summed E-state index contributed by atoms with van der Waals surface area (Å²) in [6.07, 6.45) is 0.784. The van der Waals surface area contributed by atoms with Gasteiger partial charge in [0.05, 0.1) is 17.1 Å². The van der Waals surface area contributed by atoms with Gasteiger partial charge in [0.25, 0.3) is 0 Å². The zero-order valence-electron chi connectivity index (χ0n) is 12.8. The lowest BCUT2D eigenvalue weighted by molar-refractivity contribution is -0.0712. The molecule has 1 aromatic rings. The summed E-state index contributed by atoms with van der Waals surface area (Å²) < 4.78 is 6.05. The van der Waals surface area contributed by atoms with Crippen LogP contribution in [-0.2, 0) is 4.74 Å². The molecule has 0 aliphatic carbocycles. The summed E-state index contributed by atoms with van der Waals surface area (Å²) in [4.78, 5) is 12.9. The van der Waals surface area contributed by atoms with E-state index in [-0.39, 0.29) is 17.3 Å². The summed E-state index contributed by atoms with van der Waals surface area (Å²) in [7, 11) is 0. The van der Waals surface area contributed by atoms with Gasteiger partial charge in [-0.15, -0.1) is 0 Å². The van der Waals surface area contributed by atoms with Gasteiger partial charge in [-0.1, -0.05) is 18.2 Å². The van der Waals surface area contributed by atoms with E-state index < -0.39 is 5.60 Å². The summed E-state index contributed by atoms with van der Waals surface area (Å²) in [5.41, 5.74) is 2.38. The average molecular weight is 260 g/mol. The smallest absolute Gasteiger partial charge is 0.169 e. The Morgan fingerprint density at radius 1 is 1.16 bits per heavy atom. The molecule has 0 saturated carbocycles. The average Bonchev–Trinajstić information content (AvgIpc) is 2.46. The van der Waals surface area contributed by atoms with Crippen molar-refractivity contribution in [1.82, 2.24) is 0 Å². The molecule has 0 bridgehead atoms. The summed E-state index contributed by atoms with van der Waals surface area (Å²) >= 11 is 0. The van der Waals surface area contributed by atoms with Crippen LogP contribution in [0.4, 0.5) is 0 Å². The Morgan fingerprint density at radius 2 is 1.68 bits per heavy atom. The van der Waals surface area contributed by atoms with Crippen molar-refractivity contribution in [2.75, 3.05) is 0 Å². The topological polar surface area (TPSA) is 26.3 Å². The van der Waals surface area contributed by atoms with E-state index in [1.807, 2.05) is 45.9 Å². The molecule has 1 heterocycles. The Balaban J connectivity index is 2.40. The van der Waals surface area contributed by atoms with Crippen molar-refractivity contribution in [2.45, 2.75) is 59.2 Å². The number of hydrogen-bond donors (Lipinski definition) is 0. The third-order valence-electron chi connectivity index (χ3n) is 4.12. The van der Waals surface area contributed by atoms with E-state index in [0.717, 1.165) is 23.1 Å².